The van der Waals surface area contributed by atoms with E-state index in [1.165, 1.54) is 4.90 Å². The predicted molar refractivity (Wildman–Crippen MR) is 101 cm³/mol. The zero-order valence-electron chi connectivity index (χ0n) is 15.2. The molecule has 5 nitrogen and oxygen atoms in total. The quantitative estimate of drug-likeness (QED) is 0.831. The molecule has 0 aromatic heterocycles. The van der Waals surface area contributed by atoms with Crippen molar-refractivity contribution in [1.29, 1.82) is 0 Å². The minimum Gasteiger partial charge on any atom is -0.487 e. The molecule has 0 spiro atoms. The molecule has 26 heavy (non-hydrogen) atoms. The fourth-order valence-corrected chi connectivity index (χ4v) is 2.73. The van der Waals surface area contributed by atoms with Gasteiger partial charge in [0.1, 0.15) is 12.4 Å². The van der Waals surface area contributed by atoms with Gasteiger partial charge in [0.05, 0.1) is 12.2 Å². The van der Waals surface area contributed by atoms with Crippen molar-refractivity contribution in [3.8, 4) is 5.75 Å². The Kier molecular flexibility index (Phi) is 5.56. The Hall–Kier alpha value is -2.82. The highest BCUT2D eigenvalue weighted by molar-refractivity contribution is 5.96. The molecule has 1 N–H and O–H groups in total. The lowest BCUT2D eigenvalue weighted by Gasteiger charge is -2.18. The molecule has 1 saturated carbocycles. The van der Waals surface area contributed by atoms with Crippen LogP contribution >= 0.6 is 0 Å². The van der Waals surface area contributed by atoms with Crippen LogP contribution < -0.4 is 10.1 Å². The Morgan fingerprint density at radius 2 is 1.88 bits per heavy atom. The average molecular weight is 352 g/mol. The third kappa shape index (κ3) is 4.85. The molecule has 5 heteroatoms. The maximum atomic E-state index is 12.3. The first-order valence-corrected chi connectivity index (χ1v) is 8.85. The normalized spacial score (nSPS) is 13.2. The number of carbonyl (C=O) groups is 2. The minimum absolute atomic E-state index is 0.0431. The highest BCUT2D eigenvalue weighted by Crippen LogP contribution is 2.30. The van der Waals surface area contributed by atoms with Crippen LogP contribution in [-0.4, -0.2) is 30.3 Å². The second-order valence-electron chi connectivity index (χ2n) is 6.79. The van der Waals surface area contributed by atoms with Gasteiger partial charge in [-0.05, 0) is 43.0 Å². The van der Waals surface area contributed by atoms with Gasteiger partial charge >= 0.3 is 0 Å². The molecule has 0 heterocycles. The zero-order chi connectivity index (χ0) is 18.5. The van der Waals surface area contributed by atoms with E-state index in [1.54, 1.807) is 7.05 Å². The lowest BCUT2D eigenvalue weighted by atomic mass is 10.2. The molecule has 0 bridgehead atoms. The number of aryl methyl sites for hydroxylation is 1. The second-order valence-corrected chi connectivity index (χ2v) is 6.79. The summed E-state index contributed by atoms with van der Waals surface area (Å²) in [5.41, 5.74) is 2.70. The fourth-order valence-electron chi connectivity index (χ4n) is 2.73. The maximum absolute atomic E-state index is 12.3. The smallest absolute Gasteiger partial charge is 0.244 e. The predicted octanol–water partition coefficient (Wildman–Crippen LogP) is 3.38. The fraction of sp³-hybridized carbons (Fsp3) is 0.333. The lowest BCUT2D eigenvalue weighted by molar-refractivity contribution is -0.134. The molecule has 2 aromatic rings. The Bertz CT molecular complexity index is 785. The molecule has 0 unspecified atom stereocenters. The summed E-state index contributed by atoms with van der Waals surface area (Å²) in [6.07, 6.45) is 1.86. The van der Waals surface area contributed by atoms with Gasteiger partial charge in [0, 0.05) is 13.0 Å². The summed E-state index contributed by atoms with van der Waals surface area (Å²) in [6.45, 7) is 2.42. The first-order valence-electron chi connectivity index (χ1n) is 8.85. The maximum Gasteiger partial charge on any atom is 0.244 e. The molecule has 1 fully saturated rings. The number of carbonyl (C=O) groups excluding carboxylic acids is 2. The number of likely N-dealkylation sites (N-methyl/N-ethyl adjacent to an activating group) is 1. The van der Waals surface area contributed by atoms with Gasteiger partial charge < -0.3 is 15.0 Å². The molecule has 0 atom stereocenters. The van der Waals surface area contributed by atoms with E-state index in [-0.39, 0.29) is 24.3 Å². The van der Waals surface area contributed by atoms with Crippen LogP contribution in [0, 0.1) is 12.8 Å². The molecule has 2 aromatic carbocycles. The number of anilines is 1. The summed E-state index contributed by atoms with van der Waals surface area (Å²) < 4.78 is 5.88. The Morgan fingerprint density at radius 3 is 2.58 bits per heavy atom. The van der Waals surface area contributed by atoms with Crippen molar-refractivity contribution >= 4 is 17.5 Å². The highest BCUT2D eigenvalue weighted by atomic mass is 16.5. The molecule has 1 aliphatic rings. The first-order chi connectivity index (χ1) is 12.5. The van der Waals surface area contributed by atoms with E-state index in [2.05, 4.69) is 5.32 Å². The zero-order valence-corrected chi connectivity index (χ0v) is 15.2. The summed E-state index contributed by atoms with van der Waals surface area (Å²) in [5.74, 6) is 0.544. The van der Waals surface area contributed by atoms with Crippen LogP contribution in [0.3, 0.4) is 0 Å². The van der Waals surface area contributed by atoms with Crippen LogP contribution in [0.5, 0.6) is 5.75 Å². The van der Waals surface area contributed by atoms with Crippen molar-refractivity contribution in [3.05, 3.63) is 59.7 Å². The molecular weight excluding hydrogens is 328 g/mol. The SMILES string of the molecule is Cc1ccc(OCc2ccccc2)c(NC(=O)CN(C)C(=O)C2CC2)c1. The lowest BCUT2D eigenvalue weighted by Crippen LogP contribution is -2.35. The van der Waals surface area contributed by atoms with Crippen molar-refractivity contribution in [1.82, 2.24) is 4.90 Å². The van der Waals surface area contributed by atoms with Gasteiger partial charge in [0.25, 0.3) is 0 Å². The minimum atomic E-state index is -0.225. The Morgan fingerprint density at radius 1 is 1.15 bits per heavy atom. The highest BCUT2D eigenvalue weighted by Gasteiger charge is 2.32. The number of benzene rings is 2. The Balaban J connectivity index is 1.63. The van der Waals surface area contributed by atoms with Crippen LogP contribution in [0.15, 0.2) is 48.5 Å². The van der Waals surface area contributed by atoms with Gasteiger partial charge in [0.15, 0.2) is 0 Å². The van der Waals surface area contributed by atoms with E-state index in [1.807, 2.05) is 55.5 Å². The number of hydrogen-bond donors (Lipinski definition) is 1. The number of hydrogen-bond acceptors (Lipinski definition) is 3. The molecule has 0 aliphatic heterocycles. The van der Waals surface area contributed by atoms with E-state index in [4.69, 9.17) is 4.74 Å². The van der Waals surface area contributed by atoms with Gasteiger partial charge in [-0.2, -0.15) is 0 Å². The van der Waals surface area contributed by atoms with Crippen molar-refractivity contribution in [2.75, 3.05) is 18.9 Å². The van der Waals surface area contributed by atoms with Gasteiger partial charge in [-0.1, -0.05) is 36.4 Å². The molecule has 2 amide bonds. The third-order valence-corrected chi connectivity index (χ3v) is 4.33. The summed E-state index contributed by atoms with van der Waals surface area (Å²) >= 11 is 0. The van der Waals surface area contributed by atoms with Crippen molar-refractivity contribution < 1.29 is 14.3 Å². The number of rotatable bonds is 7. The van der Waals surface area contributed by atoms with E-state index in [9.17, 15) is 9.59 Å². The second kappa shape index (κ2) is 8.04. The summed E-state index contributed by atoms with van der Waals surface area (Å²) in [5, 5.41) is 2.87. The van der Waals surface area contributed by atoms with Crippen molar-refractivity contribution in [2.24, 2.45) is 5.92 Å². The molecule has 0 saturated heterocycles. The van der Waals surface area contributed by atoms with Gasteiger partial charge in [-0.3, -0.25) is 9.59 Å². The molecule has 1 aliphatic carbocycles. The number of nitrogens with one attached hydrogen (secondary N) is 1. The van der Waals surface area contributed by atoms with Crippen molar-refractivity contribution in [2.45, 2.75) is 26.4 Å². The van der Waals surface area contributed by atoms with Crippen LogP contribution in [0.25, 0.3) is 0 Å². The summed E-state index contributed by atoms with van der Waals surface area (Å²) in [4.78, 5) is 25.8. The monoisotopic (exact) mass is 352 g/mol. The van der Waals surface area contributed by atoms with E-state index < -0.39 is 0 Å². The summed E-state index contributed by atoms with van der Waals surface area (Å²) in [6, 6.07) is 15.5. The molecule has 3 rings (SSSR count). The van der Waals surface area contributed by atoms with Crippen LogP contribution in [0.2, 0.25) is 0 Å². The third-order valence-electron chi connectivity index (χ3n) is 4.33. The number of ether oxygens (including phenoxy) is 1. The summed E-state index contributed by atoms with van der Waals surface area (Å²) in [7, 11) is 1.67. The first kappa shape index (κ1) is 18.0. The Labute approximate surface area is 154 Å². The van der Waals surface area contributed by atoms with E-state index >= 15 is 0 Å². The van der Waals surface area contributed by atoms with Gasteiger partial charge in [-0.15, -0.1) is 0 Å². The largest absolute Gasteiger partial charge is 0.487 e. The van der Waals surface area contributed by atoms with Crippen LogP contribution in [-0.2, 0) is 16.2 Å². The van der Waals surface area contributed by atoms with Crippen molar-refractivity contribution in [3.63, 3.8) is 0 Å². The van der Waals surface area contributed by atoms with E-state index in [0.717, 1.165) is 24.0 Å². The molecular formula is C21H24N2O3. The number of nitrogens with zero attached hydrogens (tertiary/aromatic N) is 1. The standard InChI is InChI=1S/C21H24N2O3/c1-15-8-11-19(26-14-16-6-4-3-5-7-16)18(12-15)22-20(24)13-23(2)21(25)17-9-10-17/h3-8,11-12,17H,9-10,13-14H2,1-2H3,(H,22,24). The van der Waals surface area contributed by atoms with Gasteiger partial charge in [0.2, 0.25) is 11.8 Å². The van der Waals surface area contributed by atoms with Gasteiger partial charge in [-0.25, -0.2) is 0 Å². The molecule has 0 radical (unpaired) electrons. The van der Waals surface area contributed by atoms with E-state index in [0.29, 0.717) is 18.0 Å². The topological polar surface area (TPSA) is 58.6 Å². The number of amides is 2. The molecule has 136 valence electrons. The average Bonchev–Trinajstić information content (AvgIpc) is 3.46. The van der Waals surface area contributed by atoms with Crippen LogP contribution in [0.4, 0.5) is 5.69 Å². The van der Waals surface area contributed by atoms with Crippen LogP contribution in [0.1, 0.15) is 24.0 Å².